The number of nitrogens with zero attached hydrogens (tertiary/aromatic N) is 1. The fourth-order valence-corrected chi connectivity index (χ4v) is 7.07. The number of hydrogen-bond donors (Lipinski definition) is 0. The molecular weight excluding hydrogens is 368 g/mol. The maximum Gasteiger partial charge on any atom is 0.0469 e. The van der Waals surface area contributed by atoms with E-state index in [1.807, 2.05) is 0 Å². The van der Waals surface area contributed by atoms with Crippen molar-refractivity contribution in [2.24, 2.45) is 0 Å². The van der Waals surface area contributed by atoms with Crippen LogP contribution >= 0.6 is 7.92 Å². The van der Waals surface area contributed by atoms with Gasteiger partial charge in [0.1, 0.15) is 0 Å². The fourth-order valence-electron chi connectivity index (χ4n) is 3.05. The zero-order valence-corrected chi connectivity index (χ0v) is 16.3. The van der Waals surface area contributed by atoms with Gasteiger partial charge in [-0.2, -0.15) is 0 Å². The molecule has 1 heterocycles. The van der Waals surface area contributed by atoms with Crippen molar-refractivity contribution in [2.45, 2.75) is 51.9 Å². The molecule has 0 fully saturated rings. The zero-order valence-electron chi connectivity index (χ0n) is 13.8. The molecule has 1 aromatic carbocycles. The summed E-state index contributed by atoms with van der Waals surface area (Å²) in [7, 11) is -0.282. The molecule has 0 atom stereocenters. The van der Waals surface area contributed by atoms with Crippen LogP contribution in [0.15, 0.2) is 48.7 Å². The zero-order chi connectivity index (χ0) is 15.0. The van der Waals surface area contributed by atoms with Crippen LogP contribution in [-0.2, 0) is 20.4 Å². The summed E-state index contributed by atoms with van der Waals surface area (Å²) in [6.07, 6.45) is 2.19. The Kier molecular flexibility index (Phi) is 6.02. The van der Waals surface area contributed by atoms with Crippen molar-refractivity contribution >= 4 is 13.4 Å². The molecule has 0 aliphatic rings. The molecule has 0 spiro atoms. The van der Waals surface area contributed by atoms with Gasteiger partial charge in [0.05, 0.1) is 0 Å². The molecule has 21 heavy (non-hydrogen) atoms. The predicted molar refractivity (Wildman–Crippen MR) is 91.8 cm³/mol. The van der Waals surface area contributed by atoms with E-state index in [4.69, 9.17) is 0 Å². The number of hydrogen-bond acceptors (Lipinski definition) is 0. The summed E-state index contributed by atoms with van der Waals surface area (Å²) < 4.78 is 2.36. The predicted octanol–water partition coefficient (Wildman–Crippen LogP) is 5.18. The van der Waals surface area contributed by atoms with E-state index in [1.165, 1.54) is 11.1 Å². The Morgan fingerprint density at radius 2 is 1.29 bits per heavy atom. The standard InChI is InChI=1S/C18H26NP.Pd/c1-17(2,3)20(18(4,5)6)16-13-10-14-19(16)15-11-8-7-9-12-15;/h7-14H,1-6H3;. The first-order valence-electron chi connectivity index (χ1n) is 7.24. The van der Waals surface area contributed by atoms with Crippen molar-refractivity contribution < 1.29 is 20.4 Å². The van der Waals surface area contributed by atoms with Gasteiger partial charge in [-0.3, -0.25) is 0 Å². The Bertz CT molecular complexity index is 547. The average molecular weight is 394 g/mol. The maximum atomic E-state index is 2.37. The van der Waals surface area contributed by atoms with Crippen LogP contribution in [0.25, 0.3) is 5.69 Å². The first kappa shape index (κ1) is 18.6. The van der Waals surface area contributed by atoms with Crippen molar-refractivity contribution in [1.29, 1.82) is 0 Å². The first-order valence-corrected chi connectivity index (χ1v) is 8.58. The molecule has 1 aromatic heterocycles. The monoisotopic (exact) mass is 393 g/mol. The normalized spacial score (nSPS) is 12.3. The van der Waals surface area contributed by atoms with Crippen LogP contribution in [0.3, 0.4) is 0 Å². The summed E-state index contributed by atoms with van der Waals surface area (Å²) in [5.74, 6) is 0. The quantitative estimate of drug-likeness (QED) is 0.489. The van der Waals surface area contributed by atoms with Gasteiger partial charge in [0.25, 0.3) is 0 Å². The summed E-state index contributed by atoms with van der Waals surface area (Å²) in [4.78, 5) is 0. The largest absolute Gasteiger partial charge is 0.317 e. The first-order chi connectivity index (χ1) is 9.21. The van der Waals surface area contributed by atoms with Crippen molar-refractivity contribution in [2.75, 3.05) is 0 Å². The molecule has 0 aliphatic heterocycles. The van der Waals surface area contributed by atoms with Gasteiger partial charge in [-0.25, -0.2) is 0 Å². The van der Waals surface area contributed by atoms with Gasteiger partial charge in [0, 0.05) is 37.7 Å². The topological polar surface area (TPSA) is 4.93 Å². The molecule has 0 amide bonds. The summed E-state index contributed by atoms with van der Waals surface area (Å²) in [5, 5.41) is 0.580. The Labute approximate surface area is 144 Å². The second-order valence-electron chi connectivity index (χ2n) is 7.25. The van der Waals surface area contributed by atoms with Gasteiger partial charge >= 0.3 is 0 Å². The molecule has 0 bridgehead atoms. The Morgan fingerprint density at radius 1 is 0.762 bits per heavy atom. The van der Waals surface area contributed by atoms with E-state index < -0.39 is 0 Å². The molecule has 2 rings (SSSR count). The van der Waals surface area contributed by atoms with Crippen LogP contribution in [0.5, 0.6) is 0 Å². The summed E-state index contributed by atoms with van der Waals surface area (Å²) in [6.45, 7) is 14.2. The second kappa shape index (κ2) is 6.79. The minimum absolute atomic E-state index is 0. The van der Waals surface area contributed by atoms with Crippen LogP contribution in [0.2, 0.25) is 0 Å². The minimum Gasteiger partial charge on any atom is -0.317 e. The van der Waals surface area contributed by atoms with Crippen LogP contribution in [0.4, 0.5) is 0 Å². The van der Waals surface area contributed by atoms with Crippen LogP contribution in [-0.4, -0.2) is 14.9 Å². The van der Waals surface area contributed by atoms with Crippen molar-refractivity contribution in [3.05, 3.63) is 48.7 Å². The second-order valence-corrected chi connectivity index (χ2v) is 11.1. The average Bonchev–Trinajstić information content (AvgIpc) is 2.75. The molecule has 3 heteroatoms. The third-order valence-electron chi connectivity index (χ3n) is 3.33. The maximum absolute atomic E-state index is 2.37. The van der Waals surface area contributed by atoms with E-state index in [0.29, 0.717) is 10.3 Å². The molecule has 0 saturated heterocycles. The van der Waals surface area contributed by atoms with E-state index in [2.05, 4.69) is 94.8 Å². The van der Waals surface area contributed by atoms with E-state index >= 15 is 0 Å². The Morgan fingerprint density at radius 3 is 1.76 bits per heavy atom. The number of aromatic nitrogens is 1. The van der Waals surface area contributed by atoms with Gasteiger partial charge in [0.2, 0.25) is 0 Å². The van der Waals surface area contributed by atoms with Crippen molar-refractivity contribution in [3.63, 3.8) is 0 Å². The van der Waals surface area contributed by atoms with Gasteiger partial charge in [0.15, 0.2) is 0 Å². The Hall–Kier alpha value is -0.408. The molecular formula is C18H26NPPd. The molecule has 0 radical (unpaired) electrons. The molecule has 1 nitrogen and oxygen atoms in total. The third kappa shape index (κ3) is 4.29. The van der Waals surface area contributed by atoms with Crippen LogP contribution < -0.4 is 5.44 Å². The van der Waals surface area contributed by atoms with Crippen molar-refractivity contribution in [3.8, 4) is 5.69 Å². The number of para-hydroxylation sites is 1. The third-order valence-corrected chi connectivity index (χ3v) is 6.84. The van der Waals surface area contributed by atoms with Gasteiger partial charge in [-0.1, -0.05) is 59.7 Å². The molecule has 0 N–H and O–H groups in total. The summed E-state index contributed by atoms with van der Waals surface area (Å²) in [5.41, 5.74) is 2.72. The molecule has 0 aliphatic carbocycles. The molecule has 0 saturated carbocycles. The minimum atomic E-state index is -0.282. The van der Waals surface area contributed by atoms with Crippen molar-refractivity contribution in [1.82, 2.24) is 4.57 Å². The summed E-state index contributed by atoms with van der Waals surface area (Å²) in [6, 6.07) is 15.1. The molecule has 0 unspecified atom stereocenters. The fraction of sp³-hybridized carbons (Fsp3) is 0.444. The van der Waals surface area contributed by atoms with Crippen LogP contribution in [0, 0.1) is 0 Å². The SMILES string of the molecule is CC(C)(C)P(c1cccn1-c1ccccc1)C(C)(C)C.[Pd]. The van der Waals surface area contributed by atoms with Crippen LogP contribution in [0.1, 0.15) is 41.5 Å². The van der Waals surface area contributed by atoms with E-state index in [9.17, 15) is 0 Å². The molecule has 2 aromatic rings. The van der Waals surface area contributed by atoms with E-state index in [0.717, 1.165) is 0 Å². The number of rotatable bonds is 2. The smallest absolute Gasteiger partial charge is 0.0469 e. The van der Waals surface area contributed by atoms with E-state index in [1.54, 1.807) is 0 Å². The summed E-state index contributed by atoms with van der Waals surface area (Å²) >= 11 is 0. The van der Waals surface area contributed by atoms with Gasteiger partial charge in [-0.05, 0) is 42.5 Å². The van der Waals surface area contributed by atoms with Gasteiger partial charge in [-0.15, -0.1) is 0 Å². The Balaban J connectivity index is 0.00000220. The van der Waals surface area contributed by atoms with Gasteiger partial charge < -0.3 is 4.57 Å². The van der Waals surface area contributed by atoms with E-state index in [-0.39, 0.29) is 28.3 Å². The number of benzene rings is 1. The molecule has 118 valence electrons.